The van der Waals surface area contributed by atoms with Crippen LogP contribution in [0.2, 0.25) is 0 Å². The van der Waals surface area contributed by atoms with Crippen LogP contribution in [0.5, 0.6) is 0 Å². The highest BCUT2D eigenvalue weighted by molar-refractivity contribution is 7.13. The third-order valence-electron chi connectivity index (χ3n) is 2.04. The number of benzene rings is 1. The molecule has 1 heterocycles. The van der Waals surface area contributed by atoms with Gasteiger partial charge in [-0.05, 0) is 12.1 Å². The van der Waals surface area contributed by atoms with Gasteiger partial charge >= 0.3 is 0 Å². The fourth-order valence-corrected chi connectivity index (χ4v) is 2.02. The molecule has 0 saturated carbocycles. The zero-order chi connectivity index (χ0) is 12.4. The van der Waals surface area contributed by atoms with Crippen molar-refractivity contribution in [2.75, 3.05) is 0 Å². The normalized spacial score (nSPS) is 10.1. The molecular weight excluding hydrogens is 244 g/mol. The van der Waals surface area contributed by atoms with Crippen molar-refractivity contribution in [3.05, 3.63) is 45.5 Å². The number of carboxylic acid groups (broad SMARTS) is 1. The van der Waals surface area contributed by atoms with Crippen molar-refractivity contribution in [1.82, 2.24) is 4.98 Å². The molecule has 6 nitrogen and oxygen atoms in total. The van der Waals surface area contributed by atoms with Crippen molar-refractivity contribution in [3.8, 4) is 10.6 Å². The molecule has 0 atom stereocenters. The Hall–Kier alpha value is -2.28. The minimum Gasteiger partial charge on any atom is -0.543 e. The molecular formula is C10H5N2O4S-. The second-order valence-corrected chi connectivity index (χ2v) is 3.99. The molecule has 0 saturated heterocycles. The van der Waals surface area contributed by atoms with Crippen molar-refractivity contribution in [1.29, 1.82) is 0 Å². The summed E-state index contributed by atoms with van der Waals surface area (Å²) in [6, 6.07) is 5.73. The molecule has 0 spiro atoms. The summed E-state index contributed by atoms with van der Waals surface area (Å²) in [5.74, 6) is -1.34. The molecule has 0 amide bonds. The van der Waals surface area contributed by atoms with Gasteiger partial charge in [-0.2, -0.15) is 0 Å². The molecule has 7 heteroatoms. The molecule has 2 aromatic rings. The average molecular weight is 249 g/mol. The van der Waals surface area contributed by atoms with E-state index < -0.39 is 10.9 Å². The fraction of sp³-hybridized carbons (Fsp3) is 0. The van der Waals surface area contributed by atoms with Gasteiger partial charge in [0.25, 0.3) is 5.69 Å². The lowest BCUT2D eigenvalue weighted by Crippen LogP contribution is -2.22. The zero-order valence-corrected chi connectivity index (χ0v) is 9.14. The van der Waals surface area contributed by atoms with Gasteiger partial charge in [0.05, 0.1) is 16.6 Å². The van der Waals surface area contributed by atoms with E-state index in [0.717, 1.165) is 11.3 Å². The maximum Gasteiger partial charge on any atom is 0.269 e. The van der Waals surface area contributed by atoms with Crippen molar-refractivity contribution in [2.45, 2.75) is 0 Å². The summed E-state index contributed by atoms with van der Waals surface area (Å²) in [4.78, 5) is 24.3. The molecule has 0 aliphatic rings. The lowest BCUT2D eigenvalue weighted by atomic mass is 10.2. The molecule has 0 N–H and O–H groups in total. The van der Waals surface area contributed by atoms with Crippen LogP contribution in [0.3, 0.4) is 0 Å². The number of hydrogen-bond donors (Lipinski definition) is 0. The number of thiazole rings is 1. The number of rotatable bonds is 3. The number of carbonyl (C=O) groups is 1. The smallest absolute Gasteiger partial charge is 0.269 e. The molecule has 0 unspecified atom stereocenters. The second kappa shape index (κ2) is 4.30. The first-order chi connectivity index (χ1) is 8.08. The summed E-state index contributed by atoms with van der Waals surface area (Å²) in [5.41, 5.74) is 0.474. The summed E-state index contributed by atoms with van der Waals surface area (Å²) < 4.78 is 0. The Labute approximate surface area is 99.3 Å². The second-order valence-electron chi connectivity index (χ2n) is 3.13. The van der Waals surface area contributed by atoms with Crippen LogP contribution in [0.15, 0.2) is 29.6 Å². The molecule has 17 heavy (non-hydrogen) atoms. The maximum absolute atomic E-state index is 10.5. The molecule has 0 aliphatic heterocycles. The standard InChI is InChI=1S/C10H6N2O4S/c13-10(14)8-5-17-9(11-8)6-1-3-7(4-2-6)12(15)16/h1-5H,(H,13,14)/p-1. The number of carboxylic acids is 1. The number of aromatic carboxylic acids is 1. The quantitative estimate of drug-likeness (QED) is 0.599. The van der Waals surface area contributed by atoms with Crippen LogP contribution in [0.4, 0.5) is 5.69 Å². The van der Waals surface area contributed by atoms with Crippen LogP contribution >= 0.6 is 11.3 Å². The number of nitro groups is 1. The summed E-state index contributed by atoms with van der Waals surface area (Å²) in [6.45, 7) is 0. The minimum atomic E-state index is -1.34. The van der Waals surface area contributed by atoms with E-state index in [9.17, 15) is 20.0 Å². The Balaban J connectivity index is 2.33. The number of aromatic nitrogens is 1. The van der Waals surface area contributed by atoms with Crippen molar-refractivity contribution >= 4 is 23.0 Å². The van der Waals surface area contributed by atoms with Gasteiger partial charge in [-0.25, -0.2) is 4.98 Å². The van der Waals surface area contributed by atoms with E-state index in [1.54, 1.807) is 0 Å². The van der Waals surface area contributed by atoms with Crippen molar-refractivity contribution in [3.63, 3.8) is 0 Å². The van der Waals surface area contributed by atoms with Crippen LogP contribution in [-0.4, -0.2) is 15.9 Å². The van der Waals surface area contributed by atoms with Gasteiger partial charge in [0.2, 0.25) is 0 Å². The lowest BCUT2D eigenvalue weighted by molar-refractivity contribution is -0.384. The van der Waals surface area contributed by atoms with E-state index in [4.69, 9.17) is 0 Å². The number of hydrogen-bond acceptors (Lipinski definition) is 6. The number of non-ortho nitro benzene ring substituents is 1. The lowest BCUT2D eigenvalue weighted by Gasteiger charge is -1.96. The first kappa shape index (κ1) is 11.2. The zero-order valence-electron chi connectivity index (χ0n) is 8.32. The van der Waals surface area contributed by atoms with Crippen molar-refractivity contribution < 1.29 is 14.8 Å². The Morgan fingerprint density at radius 3 is 2.41 bits per heavy atom. The van der Waals surface area contributed by atoms with E-state index >= 15 is 0 Å². The molecule has 86 valence electrons. The minimum absolute atomic E-state index is 0.0227. The van der Waals surface area contributed by atoms with Gasteiger partial charge in [-0.1, -0.05) is 0 Å². The van der Waals surface area contributed by atoms with Gasteiger partial charge in [-0.15, -0.1) is 11.3 Å². The first-order valence-corrected chi connectivity index (χ1v) is 5.37. The van der Waals surface area contributed by atoms with E-state index in [2.05, 4.69) is 4.98 Å². The SMILES string of the molecule is O=C([O-])c1csc(-c2ccc([N+](=O)[O-])cc2)n1. The van der Waals surface area contributed by atoms with E-state index in [1.807, 2.05) is 0 Å². The van der Waals surface area contributed by atoms with Crippen LogP contribution in [-0.2, 0) is 0 Å². The molecule has 1 aromatic carbocycles. The van der Waals surface area contributed by atoms with Crippen LogP contribution in [0, 0.1) is 10.1 Å². The third-order valence-corrected chi connectivity index (χ3v) is 2.93. The predicted molar refractivity (Wildman–Crippen MR) is 58.5 cm³/mol. The van der Waals surface area contributed by atoms with Gasteiger partial charge < -0.3 is 9.90 Å². The van der Waals surface area contributed by atoms with E-state index in [0.29, 0.717) is 10.6 Å². The highest BCUT2D eigenvalue weighted by Crippen LogP contribution is 2.25. The molecule has 2 rings (SSSR count). The molecule has 1 aromatic heterocycles. The molecule has 0 bridgehead atoms. The highest BCUT2D eigenvalue weighted by Gasteiger charge is 2.08. The third kappa shape index (κ3) is 2.28. The van der Waals surface area contributed by atoms with Gasteiger partial charge in [0.15, 0.2) is 0 Å². The maximum atomic E-state index is 10.5. The number of nitrogens with zero attached hydrogens (tertiary/aromatic N) is 2. The number of nitro benzene ring substituents is 1. The topological polar surface area (TPSA) is 96.2 Å². The predicted octanol–water partition coefficient (Wildman–Crippen LogP) is 1.08. The molecule has 0 aliphatic carbocycles. The van der Waals surface area contributed by atoms with Crippen LogP contribution in [0.1, 0.15) is 10.5 Å². The monoisotopic (exact) mass is 249 g/mol. The van der Waals surface area contributed by atoms with Gasteiger partial charge in [0, 0.05) is 23.1 Å². The largest absolute Gasteiger partial charge is 0.543 e. The van der Waals surface area contributed by atoms with E-state index in [1.165, 1.54) is 29.6 Å². The van der Waals surface area contributed by atoms with Gasteiger partial charge in [-0.3, -0.25) is 10.1 Å². The van der Waals surface area contributed by atoms with E-state index in [-0.39, 0.29) is 11.4 Å². The number of carbonyl (C=O) groups excluding carboxylic acids is 1. The fourth-order valence-electron chi connectivity index (χ4n) is 1.23. The Kier molecular flexibility index (Phi) is 2.84. The highest BCUT2D eigenvalue weighted by atomic mass is 32.1. The van der Waals surface area contributed by atoms with Crippen molar-refractivity contribution in [2.24, 2.45) is 0 Å². The Bertz CT molecular complexity index is 576. The van der Waals surface area contributed by atoms with Gasteiger partial charge in [0.1, 0.15) is 5.01 Å². The van der Waals surface area contributed by atoms with Crippen LogP contribution in [0.25, 0.3) is 10.6 Å². The molecule has 0 radical (unpaired) electrons. The Morgan fingerprint density at radius 2 is 1.94 bits per heavy atom. The summed E-state index contributed by atoms with van der Waals surface area (Å²) >= 11 is 1.14. The average Bonchev–Trinajstić information content (AvgIpc) is 2.78. The summed E-state index contributed by atoms with van der Waals surface area (Å²) in [7, 11) is 0. The van der Waals surface area contributed by atoms with Crippen LogP contribution < -0.4 is 5.11 Å². The Morgan fingerprint density at radius 1 is 1.29 bits per heavy atom. The molecule has 0 fully saturated rings. The first-order valence-electron chi connectivity index (χ1n) is 4.49. The summed E-state index contributed by atoms with van der Waals surface area (Å²) in [5, 5.41) is 22.8. The summed E-state index contributed by atoms with van der Waals surface area (Å²) in [6.07, 6.45) is 0.